The number of rotatable bonds is 6. The molecule has 2 aliphatic heterocycles. The third kappa shape index (κ3) is 5.08. The Morgan fingerprint density at radius 2 is 1.65 bits per heavy atom. The summed E-state index contributed by atoms with van der Waals surface area (Å²) in [6.45, 7) is 6.04. The molecule has 0 bridgehead atoms. The highest BCUT2D eigenvalue weighted by Crippen LogP contribution is 2.49. The maximum Gasteiger partial charge on any atom is 0.336 e. The first-order chi connectivity index (χ1) is 17.8. The third-order valence-electron chi connectivity index (χ3n) is 7.06. The van der Waals surface area contributed by atoms with Crippen LogP contribution < -0.4 is 10.2 Å². The maximum absolute atomic E-state index is 12.3. The number of carbonyl (C=O) groups is 2. The minimum absolute atomic E-state index is 0.164. The minimum atomic E-state index is -1.30. The number of likely N-dealkylation sites (N-methyl/N-ethyl adjacent to an activating group) is 1. The summed E-state index contributed by atoms with van der Waals surface area (Å²) in [6.07, 6.45) is 0.789. The van der Waals surface area contributed by atoms with Crippen LogP contribution in [0.1, 0.15) is 29.5 Å². The Labute approximate surface area is 220 Å². The van der Waals surface area contributed by atoms with Crippen LogP contribution in [0, 0.1) is 0 Å². The van der Waals surface area contributed by atoms with Crippen molar-refractivity contribution >= 4 is 46.3 Å². The van der Waals surface area contributed by atoms with Crippen LogP contribution in [-0.2, 0) is 9.59 Å². The van der Waals surface area contributed by atoms with Crippen LogP contribution in [0.4, 0.5) is 17.1 Å². The summed E-state index contributed by atoms with van der Waals surface area (Å²) in [5.74, 6) is -2.74. The van der Waals surface area contributed by atoms with Crippen LogP contribution in [0.3, 0.4) is 0 Å². The molecule has 1 unspecified atom stereocenters. The molecule has 1 saturated heterocycles. The fourth-order valence-electron chi connectivity index (χ4n) is 4.95. The second-order valence-electron chi connectivity index (χ2n) is 9.43. The molecule has 2 aliphatic rings. The smallest absolute Gasteiger partial charge is 0.336 e. The average Bonchev–Trinajstić information content (AvgIpc) is 2.90. The van der Waals surface area contributed by atoms with E-state index in [1.54, 1.807) is 0 Å². The zero-order chi connectivity index (χ0) is 26.1. The van der Waals surface area contributed by atoms with Crippen LogP contribution in [-0.4, -0.2) is 60.3 Å². The number of nitrogens with zero attached hydrogens (tertiary/aromatic N) is 2. The molecule has 0 aromatic heterocycles. The van der Waals surface area contributed by atoms with Gasteiger partial charge in [-0.3, -0.25) is 0 Å². The highest BCUT2D eigenvalue weighted by molar-refractivity contribution is 7.99. The van der Waals surface area contributed by atoms with Crippen molar-refractivity contribution in [1.29, 1.82) is 0 Å². The second-order valence-corrected chi connectivity index (χ2v) is 10.5. The van der Waals surface area contributed by atoms with E-state index in [0.717, 1.165) is 58.9 Å². The van der Waals surface area contributed by atoms with Gasteiger partial charge in [0, 0.05) is 59.2 Å². The molecular weight excluding hydrogens is 486 g/mol. The number of carboxylic acid groups (broad SMARTS) is 2. The summed E-state index contributed by atoms with van der Waals surface area (Å²) in [6, 6.07) is 20.1. The van der Waals surface area contributed by atoms with E-state index in [9.17, 15) is 19.8 Å². The summed E-state index contributed by atoms with van der Waals surface area (Å²) in [4.78, 5) is 30.6. The van der Waals surface area contributed by atoms with E-state index in [1.165, 1.54) is 17.4 Å². The fraction of sp³-hybridized carbons (Fsp3) is 0.241. The van der Waals surface area contributed by atoms with Crippen molar-refractivity contribution in [2.45, 2.75) is 22.6 Å². The molecule has 5 rings (SSSR count). The molecule has 0 saturated carbocycles. The number of aliphatic carboxylic acids is 2. The predicted molar refractivity (Wildman–Crippen MR) is 147 cm³/mol. The van der Waals surface area contributed by atoms with E-state index in [2.05, 4.69) is 46.4 Å². The molecule has 7 nitrogen and oxygen atoms in total. The van der Waals surface area contributed by atoms with Gasteiger partial charge in [-0.1, -0.05) is 49.0 Å². The standard InChI is InChI=1S/C29H29N3O4S/c1-18(19-7-9-20(10-8-19)32-15-13-31(2)14-16-32)21-11-12-25-28(27(21)22(29(35)36)17-26(33)34)30-23-5-3-4-6-24(23)37-25/h3-12,17-18,30H,13-16H2,1-2H3,(H,33,34)(H,35,36)/b22-17+. The lowest BCUT2D eigenvalue weighted by Crippen LogP contribution is -2.44. The Morgan fingerprint density at radius 3 is 2.32 bits per heavy atom. The summed E-state index contributed by atoms with van der Waals surface area (Å²) in [7, 11) is 2.13. The van der Waals surface area contributed by atoms with Crippen LogP contribution in [0.15, 0.2) is 76.5 Å². The lowest BCUT2D eigenvalue weighted by Gasteiger charge is -2.34. The molecule has 0 spiro atoms. The van der Waals surface area contributed by atoms with Crippen LogP contribution in [0.25, 0.3) is 5.57 Å². The van der Waals surface area contributed by atoms with Crippen molar-refractivity contribution in [1.82, 2.24) is 4.90 Å². The van der Waals surface area contributed by atoms with Crippen molar-refractivity contribution < 1.29 is 19.8 Å². The normalized spacial score (nSPS) is 16.4. The lowest BCUT2D eigenvalue weighted by molar-refractivity contribution is -0.133. The number of nitrogens with one attached hydrogen (secondary N) is 1. The first-order valence-corrected chi connectivity index (χ1v) is 13.1. The molecule has 1 fully saturated rings. The molecule has 3 aromatic carbocycles. The van der Waals surface area contributed by atoms with Gasteiger partial charge in [0.25, 0.3) is 0 Å². The highest BCUT2D eigenvalue weighted by Gasteiger charge is 2.28. The van der Waals surface area contributed by atoms with Crippen molar-refractivity contribution in [3.63, 3.8) is 0 Å². The monoisotopic (exact) mass is 515 g/mol. The van der Waals surface area contributed by atoms with E-state index >= 15 is 0 Å². The van der Waals surface area contributed by atoms with Gasteiger partial charge in [-0.2, -0.15) is 0 Å². The SMILES string of the molecule is CC(c1ccc(N2CCN(C)CC2)cc1)c1ccc2c(c1/C(=C\C(=O)O)C(=O)O)Nc1ccccc1S2. The summed E-state index contributed by atoms with van der Waals surface area (Å²) in [5.41, 5.74) is 4.61. The molecule has 0 aliphatic carbocycles. The first kappa shape index (κ1) is 24.9. The molecular formula is C29H29N3O4S. The number of benzene rings is 3. The van der Waals surface area contributed by atoms with E-state index in [1.807, 2.05) is 43.3 Å². The van der Waals surface area contributed by atoms with Gasteiger partial charge in [-0.05, 0) is 48.5 Å². The Bertz CT molecular complexity index is 1380. The zero-order valence-corrected chi connectivity index (χ0v) is 21.6. The molecule has 0 radical (unpaired) electrons. The third-order valence-corrected chi connectivity index (χ3v) is 8.20. The van der Waals surface area contributed by atoms with Crippen molar-refractivity contribution in [3.8, 4) is 0 Å². The highest BCUT2D eigenvalue weighted by atomic mass is 32.2. The largest absolute Gasteiger partial charge is 0.478 e. The number of para-hydroxylation sites is 1. The Kier molecular flexibility index (Phi) is 6.95. The molecule has 3 aromatic rings. The van der Waals surface area contributed by atoms with Gasteiger partial charge >= 0.3 is 11.9 Å². The van der Waals surface area contributed by atoms with Crippen LogP contribution >= 0.6 is 11.8 Å². The van der Waals surface area contributed by atoms with Gasteiger partial charge in [0.05, 0.1) is 16.9 Å². The number of piperazine rings is 1. The van der Waals surface area contributed by atoms with E-state index < -0.39 is 11.9 Å². The topological polar surface area (TPSA) is 93.1 Å². The van der Waals surface area contributed by atoms with Crippen molar-refractivity contribution in [2.24, 2.45) is 0 Å². The molecule has 190 valence electrons. The number of carboxylic acids is 2. The lowest BCUT2D eigenvalue weighted by atomic mass is 9.85. The van der Waals surface area contributed by atoms with E-state index in [-0.39, 0.29) is 11.5 Å². The minimum Gasteiger partial charge on any atom is -0.478 e. The number of fused-ring (bicyclic) bond motifs is 2. The maximum atomic E-state index is 12.3. The van der Waals surface area contributed by atoms with Gasteiger partial charge in [-0.25, -0.2) is 9.59 Å². The molecule has 2 heterocycles. The van der Waals surface area contributed by atoms with Gasteiger partial charge in [0.1, 0.15) is 0 Å². The zero-order valence-electron chi connectivity index (χ0n) is 20.8. The van der Waals surface area contributed by atoms with Gasteiger partial charge in [0.2, 0.25) is 0 Å². The van der Waals surface area contributed by atoms with Crippen LogP contribution in [0.5, 0.6) is 0 Å². The second kappa shape index (κ2) is 10.3. The molecule has 3 N–H and O–H groups in total. The van der Waals surface area contributed by atoms with Gasteiger partial charge < -0.3 is 25.3 Å². The first-order valence-electron chi connectivity index (χ1n) is 12.2. The van der Waals surface area contributed by atoms with Gasteiger partial charge in [-0.15, -0.1) is 0 Å². The number of hydrogen-bond acceptors (Lipinski definition) is 6. The fourth-order valence-corrected chi connectivity index (χ4v) is 5.96. The number of anilines is 3. The van der Waals surface area contributed by atoms with E-state index in [0.29, 0.717) is 11.3 Å². The van der Waals surface area contributed by atoms with Gasteiger partial charge in [0.15, 0.2) is 0 Å². The number of hydrogen-bond donors (Lipinski definition) is 3. The van der Waals surface area contributed by atoms with Crippen LogP contribution in [0.2, 0.25) is 0 Å². The summed E-state index contributed by atoms with van der Waals surface area (Å²) >= 11 is 1.54. The van der Waals surface area contributed by atoms with Crippen molar-refractivity contribution in [2.75, 3.05) is 43.4 Å². The molecule has 8 heteroatoms. The Hall–Kier alpha value is -3.75. The predicted octanol–water partition coefficient (Wildman–Crippen LogP) is 5.35. The molecule has 37 heavy (non-hydrogen) atoms. The van der Waals surface area contributed by atoms with E-state index in [4.69, 9.17) is 0 Å². The summed E-state index contributed by atoms with van der Waals surface area (Å²) in [5, 5.41) is 23.0. The Balaban J connectivity index is 1.56. The Morgan fingerprint density at radius 1 is 0.946 bits per heavy atom. The van der Waals surface area contributed by atoms with Crippen molar-refractivity contribution in [3.05, 3.63) is 83.4 Å². The quantitative estimate of drug-likeness (QED) is 0.296. The average molecular weight is 516 g/mol. The molecule has 1 atom stereocenters. The molecule has 0 amide bonds. The summed E-state index contributed by atoms with van der Waals surface area (Å²) < 4.78 is 0.